The summed E-state index contributed by atoms with van der Waals surface area (Å²) in [4.78, 5) is 11.7. The average molecular weight is 347 g/mol. The van der Waals surface area contributed by atoms with Crippen molar-refractivity contribution in [3.63, 3.8) is 0 Å². The van der Waals surface area contributed by atoms with Crippen molar-refractivity contribution in [2.24, 2.45) is 0 Å². The molecule has 4 rings (SSSR count). The zero-order valence-corrected chi connectivity index (χ0v) is 15.3. The maximum absolute atomic E-state index is 11.7. The number of nitrogens with one attached hydrogen (secondary N) is 1. The normalized spacial score (nSPS) is 15.0. The van der Waals surface area contributed by atoms with Gasteiger partial charge >= 0.3 is 5.97 Å². The Labute approximate surface area is 152 Å². The molecule has 0 unspecified atom stereocenters. The Balaban J connectivity index is 1.82. The maximum atomic E-state index is 11.7. The number of hydrogen-bond donors (Lipinski definition) is 1. The summed E-state index contributed by atoms with van der Waals surface area (Å²) >= 11 is 0. The minimum atomic E-state index is -0.333. The topological polar surface area (TPSA) is 56.1 Å². The summed E-state index contributed by atoms with van der Waals surface area (Å²) < 4.78 is 6.80. The van der Waals surface area contributed by atoms with Gasteiger partial charge in [0.25, 0.3) is 0 Å². The molecule has 1 atom stereocenters. The van der Waals surface area contributed by atoms with Gasteiger partial charge in [-0.25, -0.2) is 9.48 Å². The Morgan fingerprint density at radius 2 is 1.85 bits per heavy atom. The van der Waals surface area contributed by atoms with Crippen LogP contribution in [0.1, 0.15) is 38.9 Å². The molecule has 0 saturated heterocycles. The number of anilines is 1. The first-order valence-corrected chi connectivity index (χ1v) is 8.60. The lowest BCUT2D eigenvalue weighted by atomic mass is 9.98. The van der Waals surface area contributed by atoms with Crippen molar-refractivity contribution < 1.29 is 9.53 Å². The van der Waals surface area contributed by atoms with Gasteiger partial charge in [0.15, 0.2) is 0 Å². The summed E-state index contributed by atoms with van der Waals surface area (Å²) in [5.74, 6) is -0.333. The lowest BCUT2D eigenvalue weighted by Crippen LogP contribution is -2.26. The average Bonchev–Trinajstić information content (AvgIpc) is 3.02. The van der Waals surface area contributed by atoms with E-state index in [0.29, 0.717) is 5.56 Å². The molecule has 2 aromatic carbocycles. The summed E-state index contributed by atoms with van der Waals surface area (Å²) in [6.07, 6.45) is -0.126. The van der Waals surface area contributed by atoms with Gasteiger partial charge in [0.05, 0.1) is 24.1 Å². The molecule has 0 spiro atoms. The van der Waals surface area contributed by atoms with Crippen molar-refractivity contribution >= 4 is 11.7 Å². The number of esters is 1. The first kappa shape index (κ1) is 16.4. The van der Waals surface area contributed by atoms with Gasteiger partial charge in [-0.3, -0.25) is 0 Å². The van der Waals surface area contributed by atoms with Crippen molar-refractivity contribution in [1.29, 1.82) is 0 Å². The number of carbonyl (C=O) groups excluding carboxylic acids is 1. The van der Waals surface area contributed by atoms with Gasteiger partial charge in [0, 0.05) is 11.3 Å². The Bertz CT molecular complexity index is 1000. The van der Waals surface area contributed by atoms with Crippen LogP contribution < -0.4 is 5.32 Å². The molecule has 0 saturated carbocycles. The molecule has 1 aromatic heterocycles. The second kappa shape index (κ2) is 6.02. The minimum absolute atomic E-state index is 0.126. The molecule has 1 aliphatic heterocycles. The van der Waals surface area contributed by atoms with Crippen LogP contribution in [0.4, 0.5) is 5.69 Å². The SMILES string of the molecule is COC(=O)c1ccc([C@H]2Nc3c(C)cc(C)cc3-c3cc(C)nn32)cc1. The quantitative estimate of drug-likeness (QED) is 0.705. The molecule has 0 fully saturated rings. The van der Waals surface area contributed by atoms with Crippen LogP contribution >= 0.6 is 0 Å². The number of aryl methyl sites for hydroxylation is 3. The summed E-state index contributed by atoms with van der Waals surface area (Å²) in [6.45, 7) is 6.23. The maximum Gasteiger partial charge on any atom is 0.337 e. The molecule has 0 aliphatic carbocycles. The molecule has 1 N–H and O–H groups in total. The zero-order valence-electron chi connectivity index (χ0n) is 15.3. The van der Waals surface area contributed by atoms with Gasteiger partial charge in [0.1, 0.15) is 6.17 Å². The Kier molecular flexibility index (Phi) is 3.80. The van der Waals surface area contributed by atoms with Crippen LogP contribution in [0, 0.1) is 20.8 Å². The molecule has 0 amide bonds. The van der Waals surface area contributed by atoms with E-state index in [1.807, 2.05) is 23.7 Å². The van der Waals surface area contributed by atoms with E-state index in [1.165, 1.54) is 23.8 Å². The number of aromatic nitrogens is 2. The second-order valence-corrected chi connectivity index (χ2v) is 6.78. The van der Waals surface area contributed by atoms with Crippen molar-refractivity contribution in [2.45, 2.75) is 26.9 Å². The number of rotatable bonds is 2. The van der Waals surface area contributed by atoms with Gasteiger partial charge in [-0.2, -0.15) is 5.10 Å². The number of carbonyl (C=O) groups is 1. The lowest BCUT2D eigenvalue weighted by molar-refractivity contribution is 0.0600. The molecule has 5 nitrogen and oxygen atoms in total. The number of ether oxygens (including phenoxy) is 1. The van der Waals surface area contributed by atoms with Crippen LogP contribution in [0.2, 0.25) is 0 Å². The molecular weight excluding hydrogens is 326 g/mol. The van der Waals surface area contributed by atoms with E-state index in [2.05, 4.69) is 37.4 Å². The molecule has 3 aromatic rings. The number of benzene rings is 2. The van der Waals surface area contributed by atoms with E-state index in [9.17, 15) is 4.79 Å². The molecule has 0 radical (unpaired) electrons. The van der Waals surface area contributed by atoms with E-state index < -0.39 is 0 Å². The molecular formula is C21H21N3O2. The predicted octanol–water partition coefficient (Wildman–Crippen LogP) is 4.23. The van der Waals surface area contributed by atoms with E-state index in [4.69, 9.17) is 9.84 Å². The van der Waals surface area contributed by atoms with Crippen LogP contribution in [-0.2, 0) is 4.74 Å². The summed E-state index contributed by atoms with van der Waals surface area (Å²) in [5, 5.41) is 8.33. The minimum Gasteiger partial charge on any atom is -0.465 e. The van der Waals surface area contributed by atoms with Gasteiger partial charge in [0.2, 0.25) is 0 Å². The van der Waals surface area contributed by atoms with Crippen LogP contribution in [0.15, 0.2) is 42.5 Å². The van der Waals surface area contributed by atoms with Crippen molar-refractivity contribution in [1.82, 2.24) is 9.78 Å². The smallest absolute Gasteiger partial charge is 0.337 e. The van der Waals surface area contributed by atoms with E-state index in [-0.39, 0.29) is 12.1 Å². The Morgan fingerprint density at radius 3 is 2.54 bits per heavy atom. The third-order valence-corrected chi connectivity index (χ3v) is 4.79. The standard InChI is InChI=1S/C21H21N3O2/c1-12-9-13(2)19-17(10-12)18-11-14(3)23-24(18)20(22-19)15-5-7-16(8-6-15)21(25)26-4/h5-11,20,22H,1-4H3/t20-/m0/s1. The lowest BCUT2D eigenvalue weighted by Gasteiger charge is -2.30. The third-order valence-electron chi connectivity index (χ3n) is 4.79. The number of nitrogens with zero attached hydrogens (tertiary/aromatic N) is 2. The van der Waals surface area contributed by atoms with E-state index >= 15 is 0 Å². The van der Waals surface area contributed by atoms with Crippen LogP contribution in [0.25, 0.3) is 11.3 Å². The number of hydrogen-bond acceptors (Lipinski definition) is 4. The highest BCUT2D eigenvalue weighted by Crippen LogP contribution is 2.41. The second-order valence-electron chi connectivity index (χ2n) is 6.78. The number of fused-ring (bicyclic) bond motifs is 3. The largest absolute Gasteiger partial charge is 0.465 e. The van der Waals surface area contributed by atoms with Crippen molar-refractivity contribution in [3.05, 3.63) is 70.4 Å². The molecule has 1 aliphatic rings. The molecule has 0 bridgehead atoms. The van der Waals surface area contributed by atoms with Gasteiger partial charge in [-0.05, 0) is 56.2 Å². The summed E-state index contributed by atoms with van der Waals surface area (Å²) in [7, 11) is 1.39. The first-order valence-electron chi connectivity index (χ1n) is 8.60. The van der Waals surface area contributed by atoms with Gasteiger partial charge in [-0.1, -0.05) is 23.8 Å². The molecule has 2 heterocycles. The van der Waals surface area contributed by atoms with E-state index in [0.717, 1.165) is 22.6 Å². The highest BCUT2D eigenvalue weighted by atomic mass is 16.5. The number of methoxy groups -OCH3 is 1. The van der Waals surface area contributed by atoms with Crippen LogP contribution in [0.5, 0.6) is 0 Å². The van der Waals surface area contributed by atoms with Gasteiger partial charge < -0.3 is 10.1 Å². The fourth-order valence-electron chi connectivity index (χ4n) is 3.62. The van der Waals surface area contributed by atoms with Crippen molar-refractivity contribution in [2.75, 3.05) is 12.4 Å². The Hall–Kier alpha value is -3.08. The highest BCUT2D eigenvalue weighted by molar-refractivity contribution is 5.89. The molecule has 132 valence electrons. The fourth-order valence-corrected chi connectivity index (χ4v) is 3.62. The van der Waals surface area contributed by atoms with E-state index in [1.54, 1.807) is 12.1 Å². The zero-order chi connectivity index (χ0) is 18.4. The van der Waals surface area contributed by atoms with Crippen LogP contribution in [0.3, 0.4) is 0 Å². The monoisotopic (exact) mass is 347 g/mol. The fraction of sp³-hybridized carbons (Fsp3) is 0.238. The summed E-state index contributed by atoms with van der Waals surface area (Å²) in [6, 6.07) is 14.0. The summed E-state index contributed by atoms with van der Waals surface area (Å²) in [5.41, 5.74) is 8.39. The Morgan fingerprint density at radius 1 is 1.12 bits per heavy atom. The van der Waals surface area contributed by atoms with Crippen molar-refractivity contribution in [3.8, 4) is 11.3 Å². The predicted molar refractivity (Wildman–Crippen MR) is 101 cm³/mol. The first-order chi connectivity index (χ1) is 12.5. The highest BCUT2D eigenvalue weighted by Gasteiger charge is 2.27. The third kappa shape index (κ3) is 2.56. The van der Waals surface area contributed by atoms with Gasteiger partial charge in [-0.15, -0.1) is 0 Å². The molecule has 5 heteroatoms. The molecule has 26 heavy (non-hydrogen) atoms. The van der Waals surface area contributed by atoms with Crippen LogP contribution in [-0.4, -0.2) is 22.9 Å².